The highest BCUT2D eigenvalue weighted by Gasteiger charge is 2.32. The number of carbonyl (C=O) groups is 2. The van der Waals surface area contributed by atoms with Gasteiger partial charge in [-0.1, -0.05) is 0 Å². The van der Waals surface area contributed by atoms with E-state index in [4.69, 9.17) is 10.5 Å². The van der Waals surface area contributed by atoms with E-state index >= 15 is 0 Å². The Labute approximate surface area is 127 Å². The molecule has 6 nitrogen and oxygen atoms in total. The van der Waals surface area contributed by atoms with Gasteiger partial charge in [-0.2, -0.15) is 0 Å². The predicted octanol–water partition coefficient (Wildman–Crippen LogP) is 1.58. The van der Waals surface area contributed by atoms with E-state index in [1.54, 1.807) is 16.7 Å². The lowest BCUT2D eigenvalue weighted by molar-refractivity contribution is -0.135. The van der Waals surface area contributed by atoms with Crippen LogP contribution in [0.4, 0.5) is 4.79 Å². The van der Waals surface area contributed by atoms with Crippen LogP contribution < -0.4 is 5.73 Å². The minimum Gasteiger partial charge on any atom is -0.444 e. The standard InChI is InChI=1S/C15H29N3O3/c1-6-18(13(19)11(2)16)12-8-7-9-17(10-12)14(20)21-15(3,4)5/h11-12H,6-10,16H2,1-5H3/t11-,12?/m0/s1. The molecule has 1 aliphatic rings. The number of nitrogens with two attached hydrogens (primary N) is 1. The summed E-state index contributed by atoms with van der Waals surface area (Å²) in [6, 6.07) is -0.489. The van der Waals surface area contributed by atoms with Crippen molar-refractivity contribution in [1.82, 2.24) is 9.80 Å². The zero-order valence-electron chi connectivity index (χ0n) is 13.9. The van der Waals surface area contributed by atoms with Crippen LogP contribution in [0.1, 0.15) is 47.5 Å². The van der Waals surface area contributed by atoms with Gasteiger partial charge in [-0.05, 0) is 47.5 Å². The number of nitrogens with zero attached hydrogens (tertiary/aromatic N) is 2. The fourth-order valence-corrected chi connectivity index (χ4v) is 2.56. The van der Waals surface area contributed by atoms with Crippen molar-refractivity contribution >= 4 is 12.0 Å². The van der Waals surface area contributed by atoms with Gasteiger partial charge in [-0.3, -0.25) is 4.79 Å². The maximum Gasteiger partial charge on any atom is 0.410 e. The highest BCUT2D eigenvalue weighted by atomic mass is 16.6. The smallest absolute Gasteiger partial charge is 0.410 e. The fraction of sp³-hybridized carbons (Fsp3) is 0.867. The lowest BCUT2D eigenvalue weighted by Gasteiger charge is -2.39. The summed E-state index contributed by atoms with van der Waals surface area (Å²) in [7, 11) is 0. The van der Waals surface area contributed by atoms with Crippen molar-refractivity contribution < 1.29 is 14.3 Å². The van der Waals surface area contributed by atoms with Crippen molar-refractivity contribution in [3.8, 4) is 0 Å². The number of hydrogen-bond acceptors (Lipinski definition) is 4. The van der Waals surface area contributed by atoms with E-state index in [9.17, 15) is 9.59 Å². The zero-order valence-corrected chi connectivity index (χ0v) is 13.9. The number of rotatable bonds is 3. The molecule has 122 valence electrons. The largest absolute Gasteiger partial charge is 0.444 e. The first-order valence-corrected chi connectivity index (χ1v) is 7.69. The fourth-order valence-electron chi connectivity index (χ4n) is 2.56. The van der Waals surface area contributed by atoms with E-state index in [0.717, 1.165) is 12.8 Å². The Morgan fingerprint density at radius 3 is 2.52 bits per heavy atom. The third-order valence-corrected chi connectivity index (χ3v) is 3.50. The molecule has 0 bridgehead atoms. The van der Waals surface area contributed by atoms with Crippen LogP contribution in [0.3, 0.4) is 0 Å². The summed E-state index contributed by atoms with van der Waals surface area (Å²) in [5.74, 6) is -0.0615. The molecule has 0 saturated carbocycles. The second-order valence-corrected chi connectivity index (χ2v) is 6.64. The van der Waals surface area contributed by atoms with Crippen LogP contribution in [-0.4, -0.2) is 59.1 Å². The molecular weight excluding hydrogens is 270 g/mol. The first kappa shape index (κ1) is 17.8. The molecule has 1 rings (SSSR count). The Balaban J connectivity index is 2.70. The highest BCUT2D eigenvalue weighted by Crippen LogP contribution is 2.19. The third-order valence-electron chi connectivity index (χ3n) is 3.50. The van der Waals surface area contributed by atoms with Crippen molar-refractivity contribution in [2.75, 3.05) is 19.6 Å². The summed E-state index contributed by atoms with van der Waals surface area (Å²) in [4.78, 5) is 27.8. The van der Waals surface area contributed by atoms with Gasteiger partial charge in [-0.15, -0.1) is 0 Å². The number of amides is 2. The molecule has 2 N–H and O–H groups in total. The second-order valence-electron chi connectivity index (χ2n) is 6.64. The van der Waals surface area contributed by atoms with Gasteiger partial charge in [-0.25, -0.2) is 4.79 Å². The van der Waals surface area contributed by atoms with Crippen molar-refractivity contribution in [2.45, 2.75) is 65.1 Å². The number of hydrogen-bond donors (Lipinski definition) is 1. The molecule has 6 heteroatoms. The first-order valence-electron chi connectivity index (χ1n) is 7.69. The molecule has 1 aliphatic heterocycles. The topological polar surface area (TPSA) is 75.9 Å². The monoisotopic (exact) mass is 299 g/mol. The van der Waals surface area contributed by atoms with Crippen molar-refractivity contribution in [3.05, 3.63) is 0 Å². The van der Waals surface area contributed by atoms with Gasteiger partial charge in [0.25, 0.3) is 0 Å². The van der Waals surface area contributed by atoms with Gasteiger partial charge in [0.15, 0.2) is 0 Å². The number of carbonyl (C=O) groups excluding carboxylic acids is 2. The average molecular weight is 299 g/mol. The molecule has 0 aromatic rings. The molecule has 2 atom stereocenters. The zero-order chi connectivity index (χ0) is 16.2. The Kier molecular flexibility index (Phi) is 6.01. The van der Waals surface area contributed by atoms with Gasteiger partial charge < -0.3 is 20.3 Å². The number of ether oxygens (including phenoxy) is 1. The summed E-state index contributed by atoms with van der Waals surface area (Å²) in [6.45, 7) is 11.0. The van der Waals surface area contributed by atoms with Gasteiger partial charge >= 0.3 is 6.09 Å². The first-order chi connectivity index (χ1) is 9.65. The summed E-state index contributed by atoms with van der Waals surface area (Å²) < 4.78 is 5.41. The molecule has 0 spiro atoms. The van der Waals surface area contributed by atoms with Gasteiger partial charge in [0, 0.05) is 25.7 Å². The Bertz CT molecular complexity index is 377. The van der Waals surface area contributed by atoms with Crippen LogP contribution in [-0.2, 0) is 9.53 Å². The van der Waals surface area contributed by atoms with Crippen molar-refractivity contribution in [3.63, 3.8) is 0 Å². The van der Waals surface area contributed by atoms with E-state index in [-0.39, 0.29) is 18.0 Å². The third kappa shape index (κ3) is 5.19. The lowest BCUT2D eigenvalue weighted by Crippen LogP contribution is -2.55. The molecule has 0 radical (unpaired) electrons. The van der Waals surface area contributed by atoms with Gasteiger partial charge in [0.1, 0.15) is 5.60 Å². The van der Waals surface area contributed by atoms with Crippen LogP contribution in [0.25, 0.3) is 0 Å². The highest BCUT2D eigenvalue weighted by molar-refractivity contribution is 5.81. The maximum atomic E-state index is 12.1. The van der Waals surface area contributed by atoms with Crippen LogP contribution in [0.5, 0.6) is 0 Å². The summed E-state index contributed by atoms with van der Waals surface area (Å²) in [5, 5.41) is 0. The molecule has 1 saturated heterocycles. The average Bonchev–Trinajstić information content (AvgIpc) is 2.37. The van der Waals surface area contributed by atoms with Crippen LogP contribution >= 0.6 is 0 Å². The lowest BCUT2D eigenvalue weighted by atomic mass is 10.0. The Hall–Kier alpha value is -1.30. The maximum absolute atomic E-state index is 12.1. The number of piperidine rings is 1. The minimum atomic E-state index is -0.512. The van der Waals surface area contributed by atoms with Crippen LogP contribution in [0, 0.1) is 0 Å². The van der Waals surface area contributed by atoms with E-state index < -0.39 is 11.6 Å². The van der Waals surface area contributed by atoms with Crippen LogP contribution in [0.2, 0.25) is 0 Å². The SMILES string of the molecule is CCN(C(=O)[C@H](C)N)C1CCCN(C(=O)OC(C)(C)C)C1. The molecule has 2 amide bonds. The van der Waals surface area contributed by atoms with Gasteiger partial charge in [0.2, 0.25) is 5.91 Å². The van der Waals surface area contributed by atoms with E-state index in [1.807, 2.05) is 27.7 Å². The molecule has 0 aromatic heterocycles. The van der Waals surface area contributed by atoms with Crippen molar-refractivity contribution in [2.24, 2.45) is 5.73 Å². The van der Waals surface area contributed by atoms with Crippen molar-refractivity contribution in [1.29, 1.82) is 0 Å². The summed E-state index contributed by atoms with van der Waals surface area (Å²) in [5.41, 5.74) is 5.20. The minimum absolute atomic E-state index is 0.0229. The molecule has 21 heavy (non-hydrogen) atoms. The van der Waals surface area contributed by atoms with Gasteiger partial charge in [0.05, 0.1) is 6.04 Å². The Morgan fingerprint density at radius 2 is 2.05 bits per heavy atom. The molecule has 0 aromatic carbocycles. The predicted molar refractivity (Wildman–Crippen MR) is 81.9 cm³/mol. The number of likely N-dealkylation sites (tertiary alicyclic amines) is 1. The second kappa shape index (κ2) is 7.11. The molecule has 1 fully saturated rings. The normalized spacial score (nSPS) is 20.9. The molecular formula is C15H29N3O3. The Morgan fingerprint density at radius 1 is 1.43 bits per heavy atom. The van der Waals surface area contributed by atoms with E-state index in [1.165, 1.54) is 0 Å². The quantitative estimate of drug-likeness (QED) is 0.858. The summed E-state index contributed by atoms with van der Waals surface area (Å²) >= 11 is 0. The molecule has 1 heterocycles. The van der Waals surface area contributed by atoms with Crippen LogP contribution in [0.15, 0.2) is 0 Å². The van der Waals surface area contributed by atoms with E-state index in [2.05, 4.69) is 0 Å². The molecule has 1 unspecified atom stereocenters. The summed E-state index contributed by atoms with van der Waals surface area (Å²) in [6.07, 6.45) is 1.45. The number of likely N-dealkylation sites (N-methyl/N-ethyl adjacent to an activating group) is 1. The molecule has 0 aliphatic carbocycles. The van der Waals surface area contributed by atoms with E-state index in [0.29, 0.717) is 19.6 Å².